The molecule has 17 heavy (non-hydrogen) atoms. The van der Waals surface area contributed by atoms with Crippen molar-refractivity contribution in [2.75, 3.05) is 6.54 Å². The number of esters is 1. The maximum Gasteiger partial charge on any atom is 0.310 e. The van der Waals surface area contributed by atoms with E-state index in [2.05, 4.69) is 0 Å². The van der Waals surface area contributed by atoms with Crippen molar-refractivity contribution in [1.29, 1.82) is 0 Å². The second-order valence-electron chi connectivity index (χ2n) is 4.32. The van der Waals surface area contributed by atoms with Crippen molar-refractivity contribution >= 4 is 17.6 Å². The van der Waals surface area contributed by atoms with Gasteiger partial charge in [0, 0.05) is 11.6 Å². The number of rotatable bonds is 5. The van der Waals surface area contributed by atoms with Gasteiger partial charge in [0.25, 0.3) is 0 Å². The Labute approximate surface area is 107 Å². The smallest absolute Gasteiger partial charge is 0.310 e. The van der Waals surface area contributed by atoms with Crippen LogP contribution in [0.3, 0.4) is 0 Å². The fourth-order valence-electron chi connectivity index (χ4n) is 1.53. The highest BCUT2D eigenvalue weighted by molar-refractivity contribution is 6.30. The van der Waals surface area contributed by atoms with Gasteiger partial charge in [-0.25, -0.2) is 0 Å². The van der Waals surface area contributed by atoms with E-state index in [0.29, 0.717) is 11.6 Å². The van der Waals surface area contributed by atoms with E-state index in [1.165, 1.54) is 0 Å². The van der Waals surface area contributed by atoms with Crippen molar-refractivity contribution in [1.82, 2.24) is 0 Å². The molecule has 0 heterocycles. The third-order valence-electron chi connectivity index (χ3n) is 2.63. The molecule has 0 aliphatic carbocycles. The molecule has 2 N–H and O–H groups in total. The highest BCUT2D eigenvalue weighted by Gasteiger charge is 2.21. The van der Waals surface area contributed by atoms with Gasteiger partial charge in [-0.05, 0) is 23.6 Å². The van der Waals surface area contributed by atoms with Crippen LogP contribution in [0.1, 0.15) is 19.4 Å². The summed E-state index contributed by atoms with van der Waals surface area (Å²) < 4.78 is 5.22. The van der Waals surface area contributed by atoms with Crippen LogP contribution in [0.2, 0.25) is 5.02 Å². The lowest BCUT2D eigenvalue weighted by molar-refractivity contribution is -0.151. The van der Waals surface area contributed by atoms with E-state index in [1.54, 1.807) is 12.1 Å². The summed E-state index contributed by atoms with van der Waals surface area (Å²) in [4.78, 5) is 11.7. The highest BCUT2D eigenvalue weighted by Crippen LogP contribution is 2.14. The van der Waals surface area contributed by atoms with Crippen LogP contribution < -0.4 is 5.73 Å². The number of carbonyl (C=O) groups excluding carboxylic acids is 1. The Bertz CT molecular complexity index is 379. The van der Waals surface area contributed by atoms with E-state index in [0.717, 1.165) is 5.56 Å². The van der Waals surface area contributed by atoms with Crippen LogP contribution in [0.5, 0.6) is 0 Å². The van der Waals surface area contributed by atoms with Gasteiger partial charge in [-0.3, -0.25) is 4.79 Å². The van der Waals surface area contributed by atoms with E-state index in [1.807, 2.05) is 26.0 Å². The second-order valence-corrected chi connectivity index (χ2v) is 4.76. The van der Waals surface area contributed by atoms with Gasteiger partial charge < -0.3 is 10.5 Å². The van der Waals surface area contributed by atoms with Crippen molar-refractivity contribution < 1.29 is 9.53 Å². The molecule has 1 aromatic carbocycles. The van der Waals surface area contributed by atoms with E-state index >= 15 is 0 Å². The Morgan fingerprint density at radius 1 is 1.47 bits per heavy atom. The molecule has 0 radical (unpaired) electrons. The Morgan fingerprint density at radius 2 is 2.18 bits per heavy atom. The topological polar surface area (TPSA) is 52.3 Å². The first-order valence-corrected chi connectivity index (χ1v) is 6.03. The lowest BCUT2D eigenvalue weighted by Crippen LogP contribution is -2.29. The molecule has 0 amide bonds. The predicted octanol–water partition coefficient (Wildman–Crippen LogP) is 2.61. The Hall–Kier alpha value is -1.06. The molecule has 0 bridgehead atoms. The molecule has 3 nitrogen and oxygen atoms in total. The van der Waals surface area contributed by atoms with E-state index in [-0.39, 0.29) is 24.4 Å². The summed E-state index contributed by atoms with van der Waals surface area (Å²) in [5.41, 5.74) is 6.43. The van der Waals surface area contributed by atoms with E-state index < -0.39 is 0 Å². The molecule has 1 aromatic rings. The Morgan fingerprint density at radius 3 is 2.71 bits per heavy atom. The van der Waals surface area contributed by atoms with Gasteiger partial charge in [0.05, 0.1) is 5.92 Å². The molecular formula is C13H18ClNO2. The van der Waals surface area contributed by atoms with Crippen LogP contribution in [-0.4, -0.2) is 12.5 Å². The fraction of sp³-hybridized carbons (Fsp3) is 0.462. The average Bonchev–Trinajstić information content (AvgIpc) is 2.27. The minimum absolute atomic E-state index is 0.187. The molecule has 0 aromatic heterocycles. The normalized spacial score (nSPS) is 12.5. The number of carbonyl (C=O) groups is 1. The molecule has 0 saturated carbocycles. The molecule has 0 aliphatic heterocycles. The minimum Gasteiger partial charge on any atom is -0.461 e. The maximum atomic E-state index is 11.7. The zero-order valence-electron chi connectivity index (χ0n) is 10.2. The van der Waals surface area contributed by atoms with E-state index in [4.69, 9.17) is 22.1 Å². The number of ether oxygens (including phenoxy) is 1. The van der Waals surface area contributed by atoms with Gasteiger partial charge in [-0.15, -0.1) is 0 Å². The molecule has 0 aliphatic rings. The molecule has 0 spiro atoms. The molecule has 0 fully saturated rings. The van der Waals surface area contributed by atoms with Crippen molar-refractivity contribution in [2.24, 2.45) is 17.6 Å². The van der Waals surface area contributed by atoms with Crippen molar-refractivity contribution in [2.45, 2.75) is 20.5 Å². The second kappa shape index (κ2) is 6.62. The lowest BCUT2D eigenvalue weighted by Gasteiger charge is -2.17. The monoisotopic (exact) mass is 255 g/mol. The van der Waals surface area contributed by atoms with Gasteiger partial charge in [-0.2, -0.15) is 0 Å². The van der Waals surface area contributed by atoms with Crippen LogP contribution in [0.15, 0.2) is 24.3 Å². The first kappa shape index (κ1) is 14.0. The molecule has 4 heteroatoms. The molecule has 1 atom stereocenters. The van der Waals surface area contributed by atoms with Crippen molar-refractivity contribution in [3.05, 3.63) is 34.9 Å². The van der Waals surface area contributed by atoms with Crippen LogP contribution in [0.25, 0.3) is 0 Å². The van der Waals surface area contributed by atoms with E-state index in [9.17, 15) is 4.79 Å². The Balaban J connectivity index is 2.53. The van der Waals surface area contributed by atoms with Gasteiger partial charge in [0.2, 0.25) is 0 Å². The molecule has 0 saturated heterocycles. The predicted molar refractivity (Wildman–Crippen MR) is 68.6 cm³/mol. The average molecular weight is 256 g/mol. The van der Waals surface area contributed by atoms with Gasteiger partial charge in [0.1, 0.15) is 6.61 Å². The minimum atomic E-state index is -0.248. The van der Waals surface area contributed by atoms with Gasteiger partial charge in [0.15, 0.2) is 0 Å². The molecular weight excluding hydrogens is 238 g/mol. The lowest BCUT2D eigenvalue weighted by atomic mass is 9.96. The summed E-state index contributed by atoms with van der Waals surface area (Å²) in [6.07, 6.45) is 0. The molecule has 1 unspecified atom stereocenters. The SMILES string of the molecule is CC(C)C(CN)C(=O)OCc1cccc(Cl)c1. The Kier molecular flexibility index (Phi) is 5.45. The van der Waals surface area contributed by atoms with Crippen molar-refractivity contribution in [3.63, 3.8) is 0 Å². The third-order valence-corrected chi connectivity index (χ3v) is 2.87. The standard InChI is InChI=1S/C13H18ClNO2/c1-9(2)12(7-15)13(16)17-8-10-4-3-5-11(14)6-10/h3-6,9,12H,7-8,15H2,1-2H3. The quantitative estimate of drug-likeness (QED) is 0.823. The first-order chi connectivity index (χ1) is 8.04. The number of hydrogen-bond acceptors (Lipinski definition) is 3. The van der Waals surface area contributed by atoms with Crippen LogP contribution >= 0.6 is 11.6 Å². The summed E-state index contributed by atoms with van der Waals surface area (Å²) in [7, 11) is 0. The number of hydrogen-bond donors (Lipinski definition) is 1. The van der Waals surface area contributed by atoms with Crippen LogP contribution in [0.4, 0.5) is 0 Å². The zero-order valence-corrected chi connectivity index (χ0v) is 10.9. The largest absolute Gasteiger partial charge is 0.461 e. The van der Waals surface area contributed by atoms with Crippen LogP contribution in [0, 0.1) is 11.8 Å². The summed E-state index contributed by atoms with van der Waals surface area (Å²) in [6.45, 7) is 4.46. The maximum absolute atomic E-state index is 11.7. The number of halogens is 1. The number of nitrogens with two attached hydrogens (primary N) is 1. The third kappa shape index (κ3) is 4.36. The summed E-state index contributed by atoms with van der Waals surface area (Å²) in [5.74, 6) is -0.302. The van der Waals surface area contributed by atoms with Crippen LogP contribution in [-0.2, 0) is 16.1 Å². The van der Waals surface area contributed by atoms with Gasteiger partial charge >= 0.3 is 5.97 Å². The summed E-state index contributed by atoms with van der Waals surface area (Å²) in [6, 6.07) is 7.26. The van der Waals surface area contributed by atoms with Gasteiger partial charge in [-0.1, -0.05) is 37.6 Å². The zero-order chi connectivity index (χ0) is 12.8. The van der Waals surface area contributed by atoms with Crippen molar-refractivity contribution in [3.8, 4) is 0 Å². The fourth-order valence-corrected chi connectivity index (χ4v) is 1.74. The summed E-state index contributed by atoms with van der Waals surface area (Å²) >= 11 is 5.84. The molecule has 1 rings (SSSR count). The number of benzene rings is 1. The molecule has 94 valence electrons. The highest BCUT2D eigenvalue weighted by atomic mass is 35.5. The summed E-state index contributed by atoms with van der Waals surface area (Å²) in [5, 5.41) is 0.637. The first-order valence-electron chi connectivity index (χ1n) is 5.65.